The first-order valence-corrected chi connectivity index (χ1v) is 11.2. The Labute approximate surface area is 156 Å². The summed E-state index contributed by atoms with van der Waals surface area (Å²) in [6.45, 7) is 9.18. The minimum atomic E-state index is 0.0863. The maximum absolute atomic E-state index is 12.6. The van der Waals surface area contributed by atoms with Crippen LogP contribution in [0.2, 0.25) is 0 Å². The molecular weight excluding hydrogens is 308 g/mol. The van der Waals surface area contributed by atoms with Gasteiger partial charge in [0.05, 0.1) is 5.92 Å². The Balaban J connectivity index is 1.75. The SMILES string of the molecule is CC(C)CCC(C)C1CCCC(OC(=O)C(C)C2CCCCC2)CC1. The normalized spacial score (nSPS) is 28.4. The van der Waals surface area contributed by atoms with E-state index in [-0.39, 0.29) is 18.0 Å². The molecule has 0 heterocycles. The maximum atomic E-state index is 12.6. The monoisotopic (exact) mass is 350 g/mol. The van der Waals surface area contributed by atoms with E-state index in [4.69, 9.17) is 4.74 Å². The van der Waals surface area contributed by atoms with Gasteiger partial charge in [0, 0.05) is 0 Å². The molecule has 0 aliphatic heterocycles. The zero-order valence-corrected chi connectivity index (χ0v) is 17.3. The lowest BCUT2D eigenvalue weighted by Gasteiger charge is -2.28. The van der Waals surface area contributed by atoms with Gasteiger partial charge in [0.2, 0.25) is 0 Å². The first-order valence-electron chi connectivity index (χ1n) is 11.2. The molecule has 2 saturated carbocycles. The molecule has 25 heavy (non-hydrogen) atoms. The quantitative estimate of drug-likeness (QED) is 0.374. The summed E-state index contributed by atoms with van der Waals surface area (Å²) in [7, 11) is 0. The summed E-state index contributed by atoms with van der Waals surface area (Å²) < 4.78 is 5.97. The Morgan fingerprint density at radius 3 is 2.16 bits per heavy atom. The van der Waals surface area contributed by atoms with Crippen molar-refractivity contribution in [3.8, 4) is 0 Å². The van der Waals surface area contributed by atoms with Crippen molar-refractivity contribution in [3.05, 3.63) is 0 Å². The van der Waals surface area contributed by atoms with Crippen molar-refractivity contribution in [1.82, 2.24) is 0 Å². The summed E-state index contributed by atoms with van der Waals surface area (Å²) >= 11 is 0. The fourth-order valence-corrected chi connectivity index (χ4v) is 4.91. The standard InChI is InChI=1S/C23H42O2/c1-17(2)13-14-18(3)20-11-8-12-22(16-15-20)25-23(24)19(4)21-9-6-5-7-10-21/h17-22H,5-16H2,1-4H3. The van der Waals surface area contributed by atoms with Gasteiger partial charge < -0.3 is 4.74 Å². The summed E-state index contributed by atoms with van der Waals surface area (Å²) in [4.78, 5) is 12.6. The Bertz CT molecular complexity index is 384. The van der Waals surface area contributed by atoms with Gasteiger partial charge in [-0.2, -0.15) is 0 Å². The highest BCUT2D eigenvalue weighted by Gasteiger charge is 2.30. The molecule has 0 amide bonds. The van der Waals surface area contributed by atoms with Gasteiger partial charge in [-0.25, -0.2) is 0 Å². The highest BCUT2D eigenvalue weighted by Crippen LogP contribution is 2.34. The third kappa shape index (κ3) is 6.94. The zero-order chi connectivity index (χ0) is 18.2. The molecule has 2 rings (SSSR count). The number of ether oxygens (including phenoxy) is 1. The predicted molar refractivity (Wildman–Crippen MR) is 105 cm³/mol. The number of esters is 1. The molecule has 146 valence electrons. The van der Waals surface area contributed by atoms with Gasteiger partial charge in [0.15, 0.2) is 0 Å². The summed E-state index contributed by atoms with van der Waals surface area (Å²) in [5.74, 6) is 3.21. The molecule has 0 aromatic carbocycles. The summed E-state index contributed by atoms with van der Waals surface area (Å²) in [6.07, 6.45) is 15.2. The van der Waals surface area contributed by atoms with Crippen molar-refractivity contribution >= 4 is 5.97 Å². The molecule has 4 atom stereocenters. The third-order valence-corrected chi connectivity index (χ3v) is 6.98. The van der Waals surface area contributed by atoms with E-state index in [0.717, 1.165) is 30.6 Å². The minimum absolute atomic E-state index is 0.0863. The maximum Gasteiger partial charge on any atom is 0.309 e. The van der Waals surface area contributed by atoms with E-state index in [9.17, 15) is 4.79 Å². The predicted octanol–water partition coefficient (Wildman–Crippen LogP) is 6.77. The van der Waals surface area contributed by atoms with Crippen molar-refractivity contribution in [2.45, 2.75) is 111 Å². The van der Waals surface area contributed by atoms with E-state index < -0.39 is 0 Å². The Kier molecular flexibility index (Phi) is 8.79. The van der Waals surface area contributed by atoms with Crippen molar-refractivity contribution in [3.63, 3.8) is 0 Å². The van der Waals surface area contributed by atoms with Gasteiger partial charge in [-0.15, -0.1) is 0 Å². The first-order chi connectivity index (χ1) is 12.0. The van der Waals surface area contributed by atoms with Crippen LogP contribution in [-0.2, 0) is 9.53 Å². The van der Waals surface area contributed by atoms with Crippen LogP contribution in [0.15, 0.2) is 0 Å². The lowest BCUT2D eigenvalue weighted by molar-refractivity contribution is -0.156. The summed E-state index contributed by atoms with van der Waals surface area (Å²) in [6, 6.07) is 0. The number of hydrogen-bond donors (Lipinski definition) is 0. The van der Waals surface area contributed by atoms with E-state index in [0.29, 0.717) is 5.92 Å². The third-order valence-electron chi connectivity index (χ3n) is 6.98. The Morgan fingerprint density at radius 2 is 1.48 bits per heavy atom. The zero-order valence-electron chi connectivity index (χ0n) is 17.3. The molecule has 2 fully saturated rings. The molecule has 2 nitrogen and oxygen atoms in total. The number of hydrogen-bond acceptors (Lipinski definition) is 2. The second-order valence-electron chi connectivity index (χ2n) is 9.46. The molecule has 0 spiro atoms. The molecule has 0 aromatic rings. The summed E-state index contributed by atoms with van der Waals surface area (Å²) in [5, 5.41) is 0. The summed E-state index contributed by atoms with van der Waals surface area (Å²) in [5.41, 5.74) is 0. The molecule has 0 bridgehead atoms. The van der Waals surface area contributed by atoms with Crippen molar-refractivity contribution in [2.75, 3.05) is 0 Å². The smallest absolute Gasteiger partial charge is 0.309 e. The lowest BCUT2D eigenvalue weighted by Crippen LogP contribution is -2.28. The van der Waals surface area contributed by atoms with Gasteiger partial charge in [0.1, 0.15) is 6.10 Å². The number of carbonyl (C=O) groups excluding carboxylic acids is 1. The largest absolute Gasteiger partial charge is 0.462 e. The van der Waals surface area contributed by atoms with E-state index in [1.54, 1.807) is 0 Å². The van der Waals surface area contributed by atoms with Crippen LogP contribution in [0, 0.1) is 29.6 Å². The number of carbonyl (C=O) groups is 1. The Hall–Kier alpha value is -0.530. The fourth-order valence-electron chi connectivity index (χ4n) is 4.91. The van der Waals surface area contributed by atoms with Gasteiger partial charge in [0.25, 0.3) is 0 Å². The van der Waals surface area contributed by atoms with Crippen LogP contribution in [0.4, 0.5) is 0 Å². The van der Waals surface area contributed by atoms with E-state index in [1.165, 1.54) is 64.2 Å². The number of rotatable bonds is 7. The topological polar surface area (TPSA) is 26.3 Å². The highest BCUT2D eigenvalue weighted by atomic mass is 16.5. The van der Waals surface area contributed by atoms with Crippen LogP contribution >= 0.6 is 0 Å². The molecule has 4 unspecified atom stereocenters. The Morgan fingerprint density at radius 1 is 0.800 bits per heavy atom. The minimum Gasteiger partial charge on any atom is -0.462 e. The highest BCUT2D eigenvalue weighted by molar-refractivity contribution is 5.72. The molecule has 0 aromatic heterocycles. The average molecular weight is 351 g/mol. The average Bonchev–Trinajstić information content (AvgIpc) is 2.85. The fraction of sp³-hybridized carbons (Fsp3) is 0.957. The van der Waals surface area contributed by atoms with E-state index in [1.807, 2.05) is 0 Å². The molecule has 2 aliphatic carbocycles. The van der Waals surface area contributed by atoms with Crippen LogP contribution < -0.4 is 0 Å². The van der Waals surface area contributed by atoms with Crippen molar-refractivity contribution < 1.29 is 9.53 Å². The van der Waals surface area contributed by atoms with Gasteiger partial charge in [-0.05, 0) is 62.2 Å². The second-order valence-corrected chi connectivity index (χ2v) is 9.46. The van der Waals surface area contributed by atoms with Crippen LogP contribution in [0.1, 0.15) is 105 Å². The van der Waals surface area contributed by atoms with Crippen LogP contribution in [-0.4, -0.2) is 12.1 Å². The van der Waals surface area contributed by atoms with Gasteiger partial charge >= 0.3 is 5.97 Å². The van der Waals surface area contributed by atoms with Crippen LogP contribution in [0.25, 0.3) is 0 Å². The van der Waals surface area contributed by atoms with Gasteiger partial charge in [-0.1, -0.05) is 66.2 Å². The van der Waals surface area contributed by atoms with Crippen LogP contribution in [0.3, 0.4) is 0 Å². The van der Waals surface area contributed by atoms with E-state index >= 15 is 0 Å². The lowest BCUT2D eigenvalue weighted by atomic mass is 9.81. The first kappa shape index (κ1) is 20.8. The van der Waals surface area contributed by atoms with Gasteiger partial charge in [-0.3, -0.25) is 4.79 Å². The van der Waals surface area contributed by atoms with Crippen molar-refractivity contribution in [1.29, 1.82) is 0 Å². The van der Waals surface area contributed by atoms with Crippen molar-refractivity contribution in [2.24, 2.45) is 29.6 Å². The van der Waals surface area contributed by atoms with Crippen LogP contribution in [0.5, 0.6) is 0 Å². The molecule has 2 heteroatoms. The molecule has 0 saturated heterocycles. The van der Waals surface area contributed by atoms with E-state index in [2.05, 4.69) is 27.7 Å². The second kappa shape index (κ2) is 10.6. The molecule has 0 radical (unpaired) electrons. The molecular formula is C23H42O2. The molecule has 0 N–H and O–H groups in total. The molecule has 2 aliphatic rings.